The van der Waals surface area contributed by atoms with Crippen LogP contribution in [0.4, 0.5) is 0 Å². The van der Waals surface area contributed by atoms with Gasteiger partial charge in [-0.25, -0.2) is 0 Å². The molecular weight excluding hydrogens is 204 g/mol. The van der Waals surface area contributed by atoms with Crippen molar-refractivity contribution >= 4 is 0 Å². The lowest BCUT2D eigenvalue weighted by Crippen LogP contribution is -2.33. The monoisotopic (exact) mass is 230 g/mol. The summed E-state index contributed by atoms with van der Waals surface area (Å²) in [6, 6.07) is 0. The maximum absolute atomic E-state index is 5.33. The lowest BCUT2D eigenvalue weighted by molar-refractivity contribution is 0.122. The Labute approximate surface area is 99.3 Å². The van der Waals surface area contributed by atoms with Gasteiger partial charge in [0.2, 0.25) is 0 Å². The average Bonchev–Trinajstić information content (AvgIpc) is 2.78. The lowest BCUT2D eigenvalue weighted by atomic mass is 10.1. The Balaban J connectivity index is 1.85. The molecule has 1 unspecified atom stereocenters. The smallest absolute Gasteiger partial charge is 0.0593 e. The Morgan fingerprint density at radius 3 is 3.00 bits per heavy atom. The van der Waals surface area contributed by atoms with Gasteiger partial charge >= 0.3 is 0 Å². The molecule has 1 saturated heterocycles. The molecule has 1 atom stereocenters. The predicted molar refractivity (Wildman–Crippen MR) is 65.8 cm³/mol. The van der Waals surface area contributed by atoms with Gasteiger partial charge in [-0.2, -0.15) is 0 Å². The maximum atomic E-state index is 5.33. The van der Waals surface area contributed by atoms with E-state index in [-0.39, 0.29) is 0 Å². The molecule has 1 fully saturated rings. The maximum Gasteiger partial charge on any atom is 0.0593 e. The minimum Gasteiger partial charge on any atom is -0.381 e. The zero-order valence-electron chi connectivity index (χ0n) is 10.7. The van der Waals surface area contributed by atoms with Crippen molar-refractivity contribution in [2.75, 3.05) is 59.7 Å². The third-order valence-electron chi connectivity index (χ3n) is 2.95. The van der Waals surface area contributed by atoms with Gasteiger partial charge in [0, 0.05) is 39.4 Å². The first-order valence-electron chi connectivity index (χ1n) is 6.37. The highest BCUT2D eigenvalue weighted by molar-refractivity contribution is 4.67. The molecule has 0 spiro atoms. The van der Waals surface area contributed by atoms with Crippen molar-refractivity contribution in [1.82, 2.24) is 10.2 Å². The highest BCUT2D eigenvalue weighted by atomic mass is 16.5. The molecule has 96 valence electrons. The molecule has 0 saturated carbocycles. The Morgan fingerprint density at radius 1 is 1.44 bits per heavy atom. The minimum absolute atomic E-state index is 0.730. The van der Waals surface area contributed by atoms with Crippen LogP contribution in [0, 0.1) is 5.92 Å². The average molecular weight is 230 g/mol. The fourth-order valence-corrected chi connectivity index (χ4v) is 1.80. The standard InChI is InChI=1S/C12H26N2O2/c1-3-15-9-7-14(2)6-5-13-10-12-4-8-16-11-12/h12-13H,3-11H2,1-2H3. The van der Waals surface area contributed by atoms with E-state index in [9.17, 15) is 0 Å². The van der Waals surface area contributed by atoms with Crippen molar-refractivity contribution in [3.63, 3.8) is 0 Å². The van der Waals surface area contributed by atoms with Crippen LogP contribution in [0.3, 0.4) is 0 Å². The molecule has 0 amide bonds. The van der Waals surface area contributed by atoms with E-state index in [1.807, 2.05) is 6.92 Å². The van der Waals surface area contributed by atoms with Crippen LogP contribution in [0.1, 0.15) is 13.3 Å². The summed E-state index contributed by atoms with van der Waals surface area (Å²) in [5, 5.41) is 3.49. The molecule has 1 aliphatic rings. The molecule has 0 aromatic carbocycles. The molecular formula is C12H26N2O2. The lowest BCUT2D eigenvalue weighted by Gasteiger charge is -2.17. The van der Waals surface area contributed by atoms with E-state index in [0.29, 0.717) is 0 Å². The molecule has 0 radical (unpaired) electrons. The molecule has 0 bridgehead atoms. The van der Waals surface area contributed by atoms with Gasteiger partial charge < -0.3 is 19.7 Å². The van der Waals surface area contributed by atoms with Gasteiger partial charge in [-0.3, -0.25) is 0 Å². The summed E-state index contributed by atoms with van der Waals surface area (Å²) in [6.45, 7) is 9.82. The summed E-state index contributed by atoms with van der Waals surface area (Å²) in [7, 11) is 2.14. The molecule has 1 N–H and O–H groups in total. The first kappa shape index (κ1) is 13.9. The largest absolute Gasteiger partial charge is 0.381 e. The Bertz CT molecular complexity index is 161. The second-order valence-electron chi connectivity index (χ2n) is 4.43. The van der Waals surface area contributed by atoms with Crippen LogP contribution in [0.25, 0.3) is 0 Å². The summed E-state index contributed by atoms with van der Waals surface area (Å²) in [4.78, 5) is 2.30. The summed E-state index contributed by atoms with van der Waals surface area (Å²) in [6.07, 6.45) is 1.22. The SMILES string of the molecule is CCOCCN(C)CCNCC1CCOC1. The molecule has 16 heavy (non-hydrogen) atoms. The number of hydrogen-bond acceptors (Lipinski definition) is 4. The fraction of sp³-hybridized carbons (Fsp3) is 1.00. The van der Waals surface area contributed by atoms with E-state index in [4.69, 9.17) is 9.47 Å². The Hall–Kier alpha value is -0.160. The van der Waals surface area contributed by atoms with Crippen LogP contribution in [-0.2, 0) is 9.47 Å². The number of hydrogen-bond donors (Lipinski definition) is 1. The second kappa shape index (κ2) is 8.93. The molecule has 0 aromatic rings. The predicted octanol–water partition coefficient (Wildman–Crippen LogP) is 0.581. The van der Waals surface area contributed by atoms with Crippen molar-refractivity contribution in [3.8, 4) is 0 Å². The van der Waals surface area contributed by atoms with E-state index in [0.717, 1.165) is 58.5 Å². The van der Waals surface area contributed by atoms with E-state index < -0.39 is 0 Å². The molecule has 1 aliphatic heterocycles. The van der Waals surface area contributed by atoms with Crippen molar-refractivity contribution in [2.24, 2.45) is 5.92 Å². The zero-order valence-corrected chi connectivity index (χ0v) is 10.7. The van der Waals surface area contributed by atoms with Crippen molar-refractivity contribution < 1.29 is 9.47 Å². The summed E-state index contributed by atoms with van der Waals surface area (Å²) in [5.74, 6) is 0.730. The third kappa shape index (κ3) is 6.43. The van der Waals surface area contributed by atoms with Crippen molar-refractivity contribution in [3.05, 3.63) is 0 Å². The van der Waals surface area contributed by atoms with Crippen molar-refractivity contribution in [2.45, 2.75) is 13.3 Å². The van der Waals surface area contributed by atoms with Crippen LogP contribution in [0.15, 0.2) is 0 Å². The molecule has 4 nitrogen and oxygen atoms in total. The van der Waals surface area contributed by atoms with Crippen LogP contribution in [0.5, 0.6) is 0 Å². The van der Waals surface area contributed by atoms with Crippen LogP contribution in [-0.4, -0.2) is 64.6 Å². The topological polar surface area (TPSA) is 33.7 Å². The van der Waals surface area contributed by atoms with Gasteiger partial charge in [-0.15, -0.1) is 0 Å². The highest BCUT2D eigenvalue weighted by Gasteiger charge is 2.14. The Morgan fingerprint density at radius 2 is 2.31 bits per heavy atom. The van der Waals surface area contributed by atoms with Gasteiger partial charge in [-0.1, -0.05) is 0 Å². The van der Waals surface area contributed by atoms with Gasteiger partial charge in [0.15, 0.2) is 0 Å². The van der Waals surface area contributed by atoms with Crippen LogP contribution < -0.4 is 5.32 Å². The number of nitrogens with one attached hydrogen (secondary N) is 1. The van der Waals surface area contributed by atoms with Gasteiger partial charge in [0.25, 0.3) is 0 Å². The molecule has 0 aliphatic carbocycles. The van der Waals surface area contributed by atoms with Crippen molar-refractivity contribution in [1.29, 1.82) is 0 Å². The normalized spacial score (nSPS) is 20.8. The number of rotatable bonds is 9. The quantitative estimate of drug-likeness (QED) is 0.588. The molecule has 0 aromatic heterocycles. The first-order valence-corrected chi connectivity index (χ1v) is 6.37. The molecule has 4 heteroatoms. The number of ether oxygens (including phenoxy) is 2. The fourth-order valence-electron chi connectivity index (χ4n) is 1.80. The van der Waals surface area contributed by atoms with Gasteiger partial charge in [-0.05, 0) is 26.3 Å². The minimum atomic E-state index is 0.730. The number of likely N-dealkylation sites (N-methyl/N-ethyl adjacent to an activating group) is 1. The van der Waals surface area contributed by atoms with E-state index in [2.05, 4.69) is 17.3 Å². The van der Waals surface area contributed by atoms with Gasteiger partial charge in [0.1, 0.15) is 0 Å². The number of nitrogens with zero attached hydrogens (tertiary/aromatic N) is 1. The first-order chi connectivity index (χ1) is 7.83. The zero-order chi connectivity index (χ0) is 11.6. The summed E-state index contributed by atoms with van der Waals surface area (Å²) in [5.41, 5.74) is 0. The van der Waals surface area contributed by atoms with Crippen LogP contribution >= 0.6 is 0 Å². The van der Waals surface area contributed by atoms with Crippen LogP contribution in [0.2, 0.25) is 0 Å². The third-order valence-corrected chi connectivity index (χ3v) is 2.95. The summed E-state index contributed by atoms with van der Waals surface area (Å²) < 4.78 is 10.6. The molecule has 1 heterocycles. The van der Waals surface area contributed by atoms with E-state index in [1.54, 1.807) is 0 Å². The highest BCUT2D eigenvalue weighted by Crippen LogP contribution is 2.10. The van der Waals surface area contributed by atoms with Gasteiger partial charge in [0.05, 0.1) is 13.2 Å². The second-order valence-corrected chi connectivity index (χ2v) is 4.43. The Kier molecular flexibility index (Phi) is 7.76. The van der Waals surface area contributed by atoms with E-state index in [1.165, 1.54) is 6.42 Å². The van der Waals surface area contributed by atoms with E-state index >= 15 is 0 Å². The molecule has 1 rings (SSSR count). The summed E-state index contributed by atoms with van der Waals surface area (Å²) >= 11 is 0.